The van der Waals surface area contributed by atoms with Crippen molar-refractivity contribution in [3.63, 3.8) is 0 Å². The van der Waals surface area contributed by atoms with Crippen LogP contribution in [0.1, 0.15) is 56.0 Å². The number of aromatic amines is 1. The fraction of sp³-hybridized carbons (Fsp3) is 0.769. The Morgan fingerprint density at radius 1 is 1.25 bits per heavy atom. The Morgan fingerprint density at radius 2 is 2.12 bits per heavy atom. The first-order valence-corrected chi connectivity index (χ1v) is 6.69. The van der Waals surface area contributed by atoms with Crippen molar-refractivity contribution >= 4 is 0 Å². The van der Waals surface area contributed by atoms with E-state index >= 15 is 0 Å². The van der Waals surface area contributed by atoms with E-state index in [1.807, 2.05) is 6.33 Å². The van der Waals surface area contributed by atoms with Crippen LogP contribution in [0.15, 0.2) is 6.33 Å². The molecule has 3 nitrogen and oxygen atoms in total. The number of nitrogens with one attached hydrogen (secondary N) is 2. The van der Waals surface area contributed by atoms with E-state index in [0.717, 1.165) is 18.9 Å². The van der Waals surface area contributed by atoms with Crippen molar-refractivity contribution < 1.29 is 0 Å². The molecule has 3 rings (SSSR count). The van der Waals surface area contributed by atoms with Crippen molar-refractivity contribution in [2.24, 2.45) is 5.92 Å². The van der Waals surface area contributed by atoms with Gasteiger partial charge in [-0.15, -0.1) is 0 Å². The van der Waals surface area contributed by atoms with Crippen molar-refractivity contribution in [3.8, 4) is 0 Å². The summed E-state index contributed by atoms with van der Waals surface area (Å²) in [4.78, 5) is 7.73. The SMILES string of the molecule is c1nc2c([nH]1)CCNC2CCC1CCCC1. The van der Waals surface area contributed by atoms with Crippen molar-refractivity contribution in [3.05, 3.63) is 17.7 Å². The van der Waals surface area contributed by atoms with Crippen LogP contribution in [-0.4, -0.2) is 16.5 Å². The molecule has 2 heterocycles. The summed E-state index contributed by atoms with van der Waals surface area (Å²) in [5.41, 5.74) is 2.64. The molecular weight excluding hydrogens is 198 g/mol. The molecule has 1 aliphatic carbocycles. The Hall–Kier alpha value is -0.830. The molecular formula is C13H21N3. The lowest BCUT2D eigenvalue weighted by Crippen LogP contribution is -2.30. The minimum atomic E-state index is 0.510. The first kappa shape index (κ1) is 10.3. The highest BCUT2D eigenvalue weighted by atomic mass is 15.0. The summed E-state index contributed by atoms with van der Waals surface area (Å²) in [5.74, 6) is 0.992. The molecule has 1 aromatic heterocycles. The minimum absolute atomic E-state index is 0.510. The predicted molar refractivity (Wildman–Crippen MR) is 64.2 cm³/mol. The molecule has 0 spiro atoms. The average molecular weight is 219 g/mol. The predicted octanol–water partition coefficient (Wildman–Crippen LogP) is 2.57. The molecule has 1 saturated carbocycles. The molecule has 1 aromatic rings. The van der Waals surface area contributed by atoms with E-state index in [9.17, 15) is 0 Å². The molecule has 0 bridgehead atoms. The summed E-state index contributed by atoms with van der Waals surface area (Å²) < 4.78 is 0. The molecule has 1 aliphatic heterocycles. The normalized spacial score (nSPS) is 25.9. The maximum absolute atomic E-state index is 4.47. The molecule has 0 amide bonds. The largest absolute Gasteiger partial charge is 0.348 e. The summed E-state index contributed by atoms with van der Waals surface area (Å²) in [6.45, 7) is 1.10. The molecule has 88 valence electrons. The van der Waals surface area contributed by atoms with Gasteiger partial charge in [0.1, 0.15) is 0 Å². The van der Waals surface area contributed by atoms with Crippen LogP contribution in [0.5, 0.6) is 0 Å². The zero-order valence-corrected chi connectivity index (χ0v) is 9.84. The zero-order valence-electron chi connectivity index (χ0n) is 9.84. The summed E-state index contributed by atoms with van der Waals surface area (Å²) in [6, 6.07) is 0.510. The molecule has 1 fully saturated rings. The van der Waals surface area contributed by atoms with Crippen LogP contribution in [0.25, 0.3) is 0 Å². The number of nitrogens with zero attached hydrogens (tertiary/aromatic N) is 1. The summed E-state index contributed by atoms with van der Waals surface area (Å²) >= 11 is 0. The van der Waals surface area contributed by atoms with Crippen LogP contribution in [0, 0.1) is 5.92 Å². The number of hydrogen-bond donors (Lipinski definition) is 2. The second-order valence-corrected chi connectivity index (χ2v) is 5.25. The van der Waals surface area contributed by atoms with Crippen LogP contribution in [0.3, 0.4) is 0 Å². The fourth-order valence-corrected chi connectivity index (χ4v) is 3.24. The van der Waals surface area contributed by atoms with Gasteiger partial charge in [0, 0.05) is 18.7 Å². The topological polar surface area (TPSA) is 40.7 Å². The first-order chi connectivity index (χ1) is 7.93. The Bertz CT molecular complexity index is 339. The van der Waals surface area contributed by atoms with Gasteiger partial charge in [0.05, 0.1) is 18.1 Å². The second-order valence-electron chi connectivity index (χ2n) is 5.25. The van der Waals surface area contributed by atoms with Crippen molar-refractivity contribution in [2.45, 2.75) is 51.0 Å². The van der Waals surface area contributed by atoms with E-state index in [1.165, 1.54) is 49.9 Å². The first-order valence-electron chi connectivity index (χ1n) is 6.69. The standard InChI is InChI=1S/C13H21N3/c1-2-4-10(3-1)5-6-11-13-12(7-8-14-11)15-9-16-13/h9-11,14H,1-8H2,(H,15,16). The Kier molecular flexibility index (Phi) is 2.96. The Balaban J connectivity index is 1.59. The smallest absolute Gasteiger partial charge is 0.0925 e. The maximum atomic E-state index is 4.47. The highest BCUT2D eigenvalue weighted by molar-refractivity contribution is 5.18. The van der Waals surface area contributed by atoms with E-state index in [4.69, 9.17) is 0 Å². The molecule has 1 unspecified atom stereocenters. The Morgan fingerprint density at radius 3 is 3.00 bits per heavy atom. The minimum Gasteiger partial charge on any atom is -0.348 e. The molecule has 1 atom stereocenters. The number of fused-ring (bicyclic) bond motifs is 1. The quantitative estimate of drug-likeness (QED) is 0.820. The van der Waals surface area contributed by atoms with Crippen LogP contribution < -0.4 is 5.32 Å². The van der Waals surface area contributed by atoms with Gasteiger partial charge in [-0.2, -0.15) is 0 Å². The van der Waals surface area contributed by atoms with Gasteiger partial charge in [-0.1, -0.05) is 25.7 Å². The average Bonchev–Trinajstić information content (AvgIpc) is 2.97. The molecule has 3 heteroatoms. The van der Waals surface area contributed by atoms with Gasteiger partial charge in [-0.3, -0.25) is 0 Å². The lowest BCUT2D eigenvalue weighted by atomic mass is 9.94. The Labute approximate surface area is 97.0 Å². The van der Waals surface area contributed by atoms with Gasteiger partial charge in [-0.05, 0) is 18.8 Å². The molecule has 0 aromatic carbocycles. The highest BCUT2D eigenvalue weighted by Gasteiger charge is 2.23. The summed E-state index contributed by atoms with van der Waals surface area (Å²) in [7, 11) is 0. The number of hydrogen-bond acceptors (Lipinski definition) is 2. The molecule has 0 radical (unpaired) electrons. The zero-order chi connectivity index (χ0) is 10.8. The molecule has 0 saturated heterocycles. The van der Waals surface area contributed by atoms with E-state index in [0.29, 0.717) is 6.04 Å². The van der Waals surface area contributed by atoms with Crippen molar-refractivity contribution in [1.82, 2.24) is 15.3 Å². The third-order valence-corrected chi connectivity index (χ3v) is 4.19. The van der Waals surface area contributed by atoms with E-state index in [2.05, 4.69) is 15.3 Å². The van der Waals surface area contributed by atoms with Crippen LogP contribution >= 0.6 is 0 Å². The summed E-state index contributed by atoms with van der Waals surface area (Å²) in [5, 5.41) is 3.60. The van der Waals surface area contributed by atoms with E-state index in [-0.39, 0.29) is 0 Å². The highest BCUT2D eigenvalue weighted by Crippen LogP contribution is 2.32. The van der Waals surface area contributed by atoms with E-state index < -0.39 is 0 Å². The summed E-state index contributed by atoms with van der Waals surface area (Å²) in [6.07, 6.45) is 11.4. The number of aromatic nitrogens is 2. The third kappa shape index (κ3) is 2.01. The molecule has 2 N–H and O–H groups in total. The van der Waals surface area contributed by atoms with Gasteiger partial charge < -0.3 is 10.3 Å². The van der Waals surface area contributed by atoms with Crippen LogP contribution in [-0.2, 0) is 6.42 Å². The van der Waals surface area contributed by atoms with Crippen molar-refractivity contribution in [2.75, 3.05) is 6.54 Å². The monoisotopic (exact) mass is 219 g/mol. The number of H-pyrrole nitrogens is 1. The second kappa shape index (κ2) is 4.58. The van der Waals surface area contributed by atoms with Gasteiger partial charge >= 0.3 is 0 Å². The molecule has 16 heavy (non-hydrogen) atoms. The van der Waals surface area contributed by atoms with Gasteiger partial charge in [-0.25, -0.2) is 4.98 Å². The van der Waals surface area contributed by atoms with E-state index in [1.54, 1.807) is 0 Å². The van der Waals surface area contributed by atoms with Crippen molar-refractivity contribution in [1.29, 1.82) is 0 Å². The fourth-order valence-electron chi connectivity index (χ4n) is 3.24. The van der Waals surface area contributed by atoms with Gasteiger partial charge in [0.25, 0.3) is 0 Å². The molecule has 2 aliphatic rings. The van der Waals surface area contributed by atoms with Crippen LogP contribution in [0.2, 0.25) is 0 Å². The van der Waals surface area contributed by atoms with Crippen LogP contribution in [0.4, 0.5) is 0 Å². The van der Waals surface area contributed by atoms with Gasteiger partial charge in [0.15, 0.2) is 0 Å². The lowest BCUT2D eigenvalue weighted by molar-refractivity contribution is 0.395. The van der Waals surface area contributed by atoms with Gasteiger partial charge in [0.2, 0.25) is 0 Å². The number of rotatable bonds is 3. The number of imidazole rings is 1. The maximum Gasteiger partial charge on any atom is 0.0925 e. The lowest BCUT2D eigenvalue weighted by Gasteiger charge is -2.24. The third-order valence-electron chi connectivity index (χ3n) is 4.19.